The lowest BCUT2D eigenvalue weighted by atomic mass is 9.87. The molecule has 3 unspecified atom stereocenters. The van der Waals surface area contributed by atoms with Gasteiger partial charge in [0.1, 0.15) is 0 Å². The predicted octanol–water partition coefficient (Wildman–Crippen LogP) is 2.98. The molecule has 0 aromatic rings. The normalized spacial score (nSPS) is 27.2. The van der Waals surface area contributed by atoms with Crippen LogP contribution in [0.2, 0.25) is 0 Å². The van der Waals surface area contributed by atoms with E-state index in [1.54, 1.807) is 0 Å². The molecule has 1 aliphatic carbocycles. The summed E-state index contributed by atoms with van der Waals surface area (Å²) in [4.78, 5) is 0. The molecule has 0 bridgehead atoms. The highest BCUT2D eigenvalue weighted by atomic mass is 16.5. The van der Waals surface area contributed by atoms with E-state index in [4.69, 9.17) is 9.47 Å². The van der Waals surface area contributed by atoms with E-state index in [2.05, 4.69) is 33.0 Å². The lowest BCUT2D eigenvalue weighted by molar-refractivity contribution is -0.0436. The maximum atomic E-state index is 6.11. The van der Waals surface area contributed by atoms with Crippen molar-refractivity contribution in [2.75, 3.05) is 20.3 Å². The first-order chi connectivity index (χ1) is 8.47. The molecule has 18 heavy (non-hydrogen) atoms. The van der Waals surface area contributed by atoms with E-state index in [9.17, 15) is 0 Å². The Bertz CT molecular complexity index is 225. The SMILES string of the molecule is CCNC(COC1CCCC(OC)C1)C(C)(C)C. The maximum absolute atomic E-state index is 6.11. The summed E-state index contributed by atoms with van der Waals surface area (Å²) < 4.78 is 11.6. The van der Waals surface area contributed by atoms with Gasteiger partial charge in [-0.1, -0.05) is 27.7 Å². The van der Waals surface area contributed by atoms with Gasteiger partial charge < -0.3 is 14.8 Å². The highest BCUT2D eigenvalue weighted by Gasteiger charge is 2.27. The van der Waals surface area contributed by atoms with Crippen molar-refractivity contribution in [1.82, 2.24) is 5.32 Å². The summed E-state index contributed by atoms with van der Waals surface area (Å²) in [6.45, 7) is 10.8. The third-order valence-electron chi connectivity index (χ3n) is 3.91. The fourth-order valence-corrected chi connectivity index (χ4v) is 2.56. The monoisotopic (exact) mass is 257 g/mol. The van der Waals surface area contributed by atoms with Crippen LogP contribution >= 0.6 is 0 Å². The van der Waals surface area contributed by atoms with Gasteiger partial charge in [-0.15, -0.1) is 0 Å². The molecule has 1 saturated carbocycles. The van der Waals surface area contributed by atoms with Gasteiger partial charge in [-0.25, -0.2) is 0 Å². The third-order valence-corrected chi connectivity index (χ3v) is 3.91. The van der Waals surface area contributed by atoms with E-state index in [-0.39, 0.29) is 5.41 Å². The van der Waals surface area contributed by atoms with Crippen molar-refractivity contribution in [2.45, 2.75) is 71.6 Å². The Morgan fingerprint density at radius 2 is 1.89 bits per heavy atom. The number of likely N-dealkylation sites (N-methyl/N-ethyl adjacent to an activating group) is 1. The van der Waals surface area contributed by atoms with Gasteiger partial charge in [0.15, 0.2) is 0 Å². The molecule has 3 atom stereocenters. The van der Waals surface area contributed by atoms with Crippen LogP contribution in [0.15, 0.2) is 0 Å². The largest absolute Gasteiger partial charge is 0.381 e. The summed E-state index contributed by atoms with van der Waals surface area (Å²) in [6, 6.07) is 0.422. The first kappa shape index (κ1) is 15.9. The van der Waals surface area contributed by atoms with Gasteiger partial charge in [0.25, 0.3) is 0 Å². The van der Waals surface area contributed by atoms with Crippen molar-refractivity contribution in [3.63, 3.8) is 0 Å². The third kappa shape index (κ3) is 5.25. The van der Waals surface area contributed by atoms with Crippen LogP contribution in [0.5, 0.6) is 0 Å². The molecule has 3 nitrogen and oxygen atoms in total. The molecule has 0 spiro atoms. The minimum absolute atomic E-state index is 0.241. The van der Waals surface area contributed by atoms with Crippen LogP contribution in [0, 0.1) is 5.41 Å². The van der Waals surface area contributed by atoms with Crippen LogP contribution in [-0.2, 0) is 9.47 Å². The summed E-state index contributed by atoms with van der Waals surface area (Å²) in [6.07, 6.45) is 5.43. The van der Waals surface area contributed by atoms with Gasteiger partial charge in [-0.05, 0) is 37.6 Å². The van der Waals surface area contributed by atoms with Crippen LogP contribution in [0.25, 0.3) is 0 Å². The predicted molar refractivity (Wildman–Crippen MR) is 75.9 cm³/mol. The summed E-state index contributed by atoms with van der Waals surface area (Å²) in [5, 5.41) is 3.53. The Labute approximate surface area is 113 Å². The number of nitrogens with one attached hydrogen (secondary N) is 1. The number of methoxy groups -OCH3 is 1. The van der Waals surface area contributed by atoms with E-state index in [1.165, 1.54) is 19.3 Å². The van der Waals surface area contributed by atoms with Crippen molar-refractivity contribution in [2.24, 2.45) is 5.41 Å². The average molecular weight is 257 g/mol. The number of hydrogen-bond donors (Lipinski definition) is 1. The summed E-state index contributed by atoms with van der Waals surface area (Å²) >= 11 is 0. The van der Waals surface area contributed by atoms with Crippen LogP contribution < -0.4 is 5.32 Å². The van der Waals surface area contributed by atoms with Crippen LogP contribution in [0.3, 0.4) is 0 Å². The van der Waals surface area contributed by atoms with Crippen molar-refractivity contribution in [3.8, 4) is 0 Å². The lowest BCUT2D eigenvalue weighted by Crippen LogP contribution is -2.45. The van der Waals surface area contributed by atoms with Crippen molar-refractivity contribution < 1.29 is 9.47 Å². The van der Waals surface area contributed by atoms with Crippen LogP contribution in [-0.4, -0.2) is 38.5 Å². The molecule has 108 valence electrons. The maximum Gasteiger partial charge on any atom is 0.0628 e. The minimum atomic E-state index is 0.241. The molecular formula is C15H31NO2. The molecule has 0 aromatic heterocycles. The number of ether oxygens (including phenoxy) is 2. The molecule has 0 saturated heterocycles. The highest BCUT2D eigenvalue weighted by Crippen LogP contribution is 2.25. The second-order valence-corrected chi connectivity index (χ2v) is 6.46. The first-order valence-corrected chi connectivity index (χ1v) is 7.35. The Morgan fingerprint density at radius 3 is 2.44 bits per heavy atom. The van der Waals surface area contributed by atoms with Gasteiger partial charge >= 0.3 is 0 Å². The number of hydrogen-bond acceptors (Lipinski definition) is 3. The zero-order chi connectivity index (χ0) is 13.6. The molecule has 0 aromatic carbocycles. The molecule has 1 fully saturated rings. The van der Waals surface area contributed by atoms with Crippen LogP contribution in [0.4, 0.5) is 0 Å². The smallest absolute Gasteiger partial charge is 0.0628 e. The van der Waals surface area contributed by atoms with Gasteiger partial charge in [0.05, 0.1) is 18.8 Å². The molecule has 0 radical (unpaired) electrons. The molecule has 0 amide bonds. The molecule has 0 heterocycles. The molecular weight excluding hydrogens is 226 g/mol. The van der Waals surface area contributed by atoms with E-state index >= 15 is 0 Å². The highest BCUT2D eigenvalue weighted by molar-refractivity contribution is 4.81. The fourth-order valence-electron chi connectivity index (χ4n) is 2.56. The summed E-state index contributed by atoms with van der Waals surface area (Å²) in [7, 11) is 1.81. The minimum Gasteiger partial charge on any atom is -0.381 e. The van der Waals surface area contributed by atoms with E-state index in [0.29, 0.717) is 18.2 Å². The Morgan fingerprint density at radius 1 is 1.22 bits per heavy atom. The van der Waals surface area contributed by atoms with Crippen molar-refractivity contribution in [3.05, 3.63) is 0 Å². The second-order valence-electron chi connectivity index (χ2n) is 6.46. The number of rotatable bonds is 6. The summed E-state index contributed by atoms with van der Waals surface area (Å²) in [5.74, 6) is 0. The molecule has 1 rings (SSSR count). The standard InChI is InChI=1S/C15H31NO2/c1-6-16-14(15(2,3)4)11-18-13-9-7-8-12(10-13)17-5/h12-14,16H,6-11H2,1-5H3. The fraction of sp³-hybridized carbons (Fsp3) is 1.00. The second kappa shape index (κ2) is 7.46. The van der Waals surface area contributed by atoms with Crippen molar-refractivity contribution in [1.29, 1.82) is 0 Å². The summed E-state index contributed by atoms with van der Waals surface area (Å²) in [5.41, 5.74) is 0.241. The zero-order valence-electron chi connectivity index (χ0n) is 12.8. The van der Waals surface area contributed by atoms with Gasteiger partial charge in [-0.3, -0.25) is 0 Å². The van der Waals surface area contributed by atoms with E-state index < -0.39 is 0 Å². The zero-order valence-corrected chi connectivity index (χ0v) is 12.8. The Kier molecular flexibility index (Phi) is 6.61. The van der Waals surface area contributed by atoms with Crippen LogP contribution in [0.1, 0.15) is 53.4 Å². The van der Waals surface area contributed by atoms with E-state index in [0.717, 1.165) is 19.6 Å². The first-order valence-electron chi connectivity index (χ1n) is 7.35. The van der Waals surface area contributed by atoms with Crippen molar-refractivity contribution >= 4 is 0 Å². The van der Waals surface area contributed by atoms with Gasteiger partial charge in [0, 0.05) is 13.2 Å². The quantitative estimate of drug-likeness (QED) is 0.793. The average Bonchev–Trinajstić information content (AvgIpc) is 2.33. The van der Waals surface area contributed by atoms with E-state index in [1.807, 2.05) is 7.11 Å². The lowest BCUT2D eigenvalue weighted by Gasteiger charge is -2.34. The molecule has 3 heteroatoms. The molecule has 1 aliphatic rings. The molecule has 0 aliphatic heterocycles. The Balaban J connectivity index is 2.37. The van der Waals surface area contributed by atoms with Gasteiger partial charge in [0.2, 0.25) is 0 Å². The van der Waals surface area contributed by atoms with Gasteiger partial charge in [-0.2, -0.15) is 0 Å². The Hall–Kier alpha value is -0.120. The topological polar surface area (TPSA) is 30.5 Å². The molecule has 1 N–H and O–H groups in total.